The molecule has 9 heteroatoms. The summed E-state index contributed by atoms with van der Waals surface area (Å²) >= 11 is 1.52. The van der Waals surface area contributed by atoms with Crippen LogP contribution >= 0.6 is 11.3 Å². The highest BCUT2D eigenvalue weighted by Crippen LogP contribution is 2.29. The van der Waals surface area contributed by atoms with Crippen molar-refractivity contribution in [2.24, 2.45) is 7.05 Å². The van der Waals surface area contributed by atoms with Gasteiger partial charge in [-0.2, -0.15) is 5.10 Å². The molecule has 4 rings (SSSR count). The van der Waals surface area contributed by atoms with Crippen molar-refractivity contribution in [3.8, 4) is 16.3 Å². The summed E-state index contributed by atoms with van der Waals surface area (Å²) in [5.41, 5.74) is 2.77. The van der Waals surface area contributed by atoms with Gasteiger partial charge in [-0.1, -0.05) is 12.1 Å². The number of amides is 1. The van der Waals surface area contributed by atoms with Crippen LogP contribution < -0.4 is 10.1 Å². The molecule has 3 aromatic heterocycles. The van der Waals surface area contributed by atoms with Crippen LogP contribution in [-0.4, -0.2) is 40.4 Å². The van der Waals surface area contributed by atoms with Crippen LogP contribution in [0.4, 0.5) is 5.69 Å². The minimum atomic E-state index is -0.609. The summed E-state index contributed by atoms with van der Waals surface area (Å²) < 4.78 is 12.1. The van der Waals surface area contributed by atoms with E-state index in [1.807, 2.05) is 17.5 Å². The smallest absolute Gasteiger partial charge is 0.339 e. The molecule has 0 saturated heterocycles. The van der Waals surface area contributed by atoms with Crippen LogP contribution in [0.5, 0.6) is 5.75 Å². The summed E-state index contributed by atoms with van der Waals surface area (Å²) in [7, 11) is 3.32. The molecule has 0 atom stereocenters. The molecule has 1 N–H and O–H groups in total. The molecule has 31 heavy (non-hydrogen) atoms. The number of benzene rings is 1. The third kappa shape index (κ3) is 4.26. The first-order valence-electron chi connectivity index (χ1n) is 9.45. The summed E-state index contributed by atoms with van der Waals surface area (Å²) in [5.74, 6) is -0.447. The molecule has 8 nitrogen and oxygen atoms in total. The maximum absolute atomic E-state index is 12.9. The maximum Gasteiger partial charge on any atom is 0.339 e. The number of hydrogen-bond acceptors (Lipinski definition) is 7. The Morgan fingerprint density at radius 3 is 2.77 bits per heavy atom. The second-order valence-electron chi connectivity index (χ2n) is 6.80. The highest BCUT2D eigenvalue weighted by Gasteiger charge is 2.21. The van der Waals surface area contributed by atoms with Gasteiger partial charge in [0, 0.05) is 18.8 Å². The fourth-order valence-corrected chi connectivity index (χ4v) is 3.95. The summed E-state index contributed by atoms with van der Waals surface area (Å²) in [6.45, 7) is 1.38. The van der Waals surface area contributed by atoms with E-state index in [2.05, 4.69) is 15.4 Å². The normalized spacial score (nSPS) is 10.8. The van der Waals surface area contributed by atoms with Gasteiger partial charge in [0.15, 0.2) is 12.3 Å². The number of aryl methyl sites for hydroxylation is 2. The molecule has 0 bridgehead atoms. The van der Waals surface area contributed by atoms with Gasteiger partial charge >= 0.3 is 5.97 Å². The lowest BCUT2D eigenvalue weighted by Gasteiger charge is -2.09. The molecule has 0 unspecified atom stereocenters. The first-order valence-corrected chi connectivity index (χ1v) is 10.3. The van der Waals surface area contributed by atoms with Gasteiger partial charge in [-0.3, -0.25) is 9.48 Å². The summed E-state index contributed by atoms with van der Waals surface area (Å²) in [5, 5.41) is 9.62. The summed E-state index contributed by atoms with van der Waals surface area (Å²) in [6.07, 6.45) is 0. The van der Waals surface area contributed by atoms with Crippen LogP contribution in [0.1, 0.15) is 16.1 Å². The first-order chi connectivity index (χ1) is 15.0. The van der Waals surface area contributed by atoms with Gasteiger partial charge in [0.25, 0.3) is 5.91 Å². The molecule has 0 fully saturated rings. The minimum Gasteiger partial charge on any atom is -0.497 e. The van der Waals surface area contributed by atoms with E-state index in [-0.39, 0.29) is 0 Å². The van der Waals surface area contributed by atoms with E-state index in [1.165, 1.54) is 11.3 Å². The number of hydrogen-bond donors (Lipinski definition) is 1. The third-order valence-electron chi connectivity index (χ3n) is 4.65. The molecule has 0 saturated carbocycles. The largest absolute Gasteiger partial charge is 0.497 e. The van der Waals surface area contributed by atoms with Gasteiger partial charge in [-0.15, -0.1) is 11.3 Å². The molecule has 3 heterocycles. The van der Waals surface area contributed by atoms with Crippen molar-refractivity contribution >= 4 is 39.9 Å². The highest BCUT2D eigenvalue weighted by atomic mass is 32.1. The lowest BCUT2D eigenvalue weighted by Crippen LogP contribution is -2.21. The van der Waals surface area contributed by atoms with E-state index in [0.717, 1.165) is 4.88 Å². The second-order valence-corrected chi connectivity index (χ2v) is 7.74. The second kappa shape index (κ2) is 8.57. The number of ether oxygens (including phenoxy) is 2. The number of carbonyl (C=O) groups excluding carboxylic acids is 2. The Bertz CT molecular complexity index is 1260. The van der Waals surface area contributed by atoms with E-state index in [0.29, 0.717) is 39.4 Å². The molecule has 0 aliphatic heterocycles. The predicted octanol–water partition coefficient (Wildman–Crippen LogP) is 3.81. The number of rotatable bonds is 6. The number of thiophene rings is 1. The molecular formula is C22H20N4O4S. The van der Waals surface area contributed by atoms with Gasteiger partial charge in [0.2, 0.25) is 0 Å². The van der Waals surface area contributed by atoms with E-state index in [9.17, 15) is 9.59 Å². The average Bonchev–Trinajstić information content (AvgIpc) is 3.40. The zero-order valence-electron chi connectivity index (χ0n) is 17.2. The zero-order valence-corrected chi connectivity index (χ0v) is 18.0. The maximum atomic E-state index is 12.9. The monoisotopic (exact) mass is 436 g/mol. The minimum absolute atomic E-state index is 0.327. The molecule has 158 valence electrons. The van der Waals surface area contributed by atoms with E-state index in [1.54, 1.807) is 56.1 Å². The van der Waals surface area contributed by atoms with Crippen molar-refractivity contribution in [3.63, 3.8) is 0 Å². The standard InChI is InChI=1S/C22H20N4O4S/c1-13-20-16(11-17(18-8-5-9-31-18)24-21(20)26(2)25-13)22(28)30-12-19(27)23-14-6-4-7-15(10-14)29-3/h4-11H,12H2,1-3H3,(H,23,27). The lowest BCUT2D eigenvalue weighted by atomic mass is 10.1. The summed E-state index contributed by atoms with van der Waals surface area (Å²) in [6, 6.07) is 12.5. The van der Waals surface area contributed by atoms with Gasteiger partial charge in [0.05, 0.1) is 34.3 Å². The number of anilines is 1. The van der Waals surface area contributed by atoms with Crippen molar-refractivity contribution in [1.82, 2.24) is 14.8 Å². The molecule has 0 aliphatic carbocycles. The quantitative estimate of drug-likeness (QED) is 0.462. The Balaban J connectivity index is 1.56. The fraction of sp³-hybridized carbons (Fsp3) is 0.182. The topological polar surface area (TPSA) is 95.3 Å². The van der Waals surface area contributed by atoms with Gasteiger partial charge in [0.1, 0.15) is 5.75 Å². The number of esters is 1. The number of methoxy groups -OCH3 is 1. The summed E-state index contributed by atoms with van der Waals surface area (Å²) in [4.78, 5) is 30.8. The zero-order chi connectivity index (χ0) is 22.0. The van der Waals surface area contributed by atoms with E-state index in [4.69, 9.17) is 9.47 Å². The lowest BCUT2D eigenvalue weighted by molar-refractivity contribution is -0.119. The van der Waals surface area contributed by atoms with Crippen LogP contribution in [0.25, 0.3) is 21.6 Å². The number of fused-ring (bicyclic) bond motifs is 1. The van der Waals surface area contributed by atoms with Gasteiger partial charge in [-0.25, -0.2) is 9.78 Å². The average molecular weight is 436 g/mol. The molecule has 1 aromatic carbocycles. The predicted molar refractivity (Wildman–Crippen MR) is 118 cm³/mol. The van der Waals surface area contributed by atoms with E-state index >= 15 is 0 Å². The van der Waals surface area contributed by atoms with Crippen molar-refractivity contribution < 1.29 is 19.1 Å². The van der Waals surface area contributed by atoms with E-state index < -0.39 is 18.5 Å². The Morgan fingerprint density at radius 2 is 2.03 bits per heavy atom. The molecule has 0 spiro atoms. The molecule has 4 aromatic rings. The van der Waals surface area contributed by atoms with Crippen LogP contribution in [0.15, 0.2) is 47.8 Å². The fourth-order valence-electron chi connectivity index (χ4n) is 3.26. The number of pyridine rings is 1. The Hall–Kier alpha value is -3.72. The van der Waals surface area contributed by atoms with Crippen LogP contribution in [-0.2, 0) is 16.6 Å². The van der Waals surface area contributed by atoms with Gasteiger partial charge < -0.3 is 14.8 Å². The molecular weight excluding hydrogens is 416 g/mol. The van der Waals surface area contributed by atoms with Gasteiger partial charge in [-0.05, 0) is 36.6 Å². The molecule has 1 amide bonds. The van der Waals surface area contributed by atoms with Crippen molar-refractivity contribution in [2.75, 3.05) is 19.0 Å². The SMILES string of the molecule is COc1cccc(NC(=O)COC(=O)c2cc(-c3cccs3)nc3c2c(C)nn3C)c1. The van der Waals surface area contributed by atoms with Crippen molar-refractivity contribution in [3.05, 3.63) is 59.1 Å². The highest BCUT2D eigenvalue weighted by molar-refractivity contribution is 7.13. The van der Waals surface area contributed by atoms with Crippen molar-refractivity contribution in [2.45, 2.75) is 6.92 Å². The Morgan fingerprint density at radius 1 is 1.19 bits per heavy atom. The number of carbonyl (C=O) groups is 2. The number of aromatic nitrogens is 3. The number of nitrogens with zero attached hydrogens (tertiary/aromatic N) is 3. The third-order valence-corrected chi connectivity index (χ3v) is 5.54. The van der Waals surface area contributed by atoms with Crippen LogP contribution in [0.3, 0.4) is 0 Å². The molecule has 0 radical (unpaired) electrons. The van der Waals surface area contributed by atoms with Crippen molar-refractivity contribution in [1.29, 1.82) is 0 Å². The van der Waals surface area contributed by atoms with Crippen LogP contribution in [0.2, 0.25) is 0 Å². The first kappa shape index (κ1) is 20.5. The Labute approximate surface area is 182 Å². The number of nitrogens with one attached hydrogen (secondary N) is 1. The molecule has 0 aliphatic rings. The van der Waals surface area contributed by atoms with Crippen LogP contribution in [0, 0.1) is 6.92 Å². The Kier molecular flexibility index (Phi) is 5.68.